The first kappa shape index (κ1) is 19.4. The van der Waals surface area contributed by atoms with Gasteiger partial charge in [0.1, 0.15) is 24.5 Å². The zero-order chi connectivity index (χ0) is 17.1. The second kappa shape index (κ2) is 11.0. The van der Waals surface area contributed by atoms with Gasteiger partial charge in [-0.05, 0) is 12.1 Å². The summed E-state index contributed by atoms with van der Waals surface area (Å²) < 4.78 is 14.9. The fourth-order valence-electron chi connectivity index (χ4n) is 1.46. The Morgan fingerprint density at radius 3 is 2.13 bits per heavy atom. The van der Waals surface area contributed by atoms with E-state index in [9.17, 15) is 14.4 Å². The van der Waals surface area contributed by atoms with E-state index in [0.717, 1.165) is 0 Å². The number of para-hydroxylation sites is 1. The maximum atomic E-state index is 12.0. The minimum atomic E-state index is -0.535. The summed E-state index contributed by atoms with van der Waals surface area (Å²) in [6.45, 7) is 3.23. The third kappa shape index (κ3) is 8.51. The number of rotatable bonds is 9. The molecule has 0 atom stereocenters. The van der Waals surface area contributed by atoms with Gasteiger partial charge in [-0.25, -0.2) is 4.79 Å². The molecule has 0 aromatic heterocycles. The van der Waals surface area contributed by atoms with Crippen LogP contribution >= 0.6 is 21.6 Å². The molecule has 0 unspecified atom stereocenters. The molecule has 0 aliphatic heterocycles. The minimum absolute atomic E-state index is 0.188. The number of carbonyl (C=O) groups excluding carboxylic acids is 3. The van der Waals surface area contributed by atoms with E-state index < -0.39 is 11.9 Å². The van der Waals surface area contributed by atoms with Crippen molar-refractivity contribution >= 4 is 39.5 Å². The highest BCUT2D eigenvalue weighted by Gasteiger charge is 2.14. The van der Waals surface area contributed by atoms with Crippen molar-refractivity contribution in [2.24, 2.45) is 0 Å². The molecular weight excluding hydrogens is 340 g/mol. The number of benzene rings is 1. The van der Waals surface area contributed by atoms with E-state index >= 15 is 0 Å². The van der Waals surface area contributed by atoms with Gasteiger partial charge in [-0.2, -0.15) is 0 Å². The minimum Gasteiger partial charge on any atom is -0.465 e. The van der Waals surface area contributed by atoms with Crippen LogP contribution in [0.1, 0.15) is 24.2 Å². The van der Waals surface area contributed by atoms with Gasteiger partial charge >= 0.3 is 17.9 Å². The Kier molecular flexibility index (Phi) is 9.23. The van der Waals surface area contributed by atoms with E-state index in [-0.39, 0.29) is 23.9 Å². The second-order valence-corrected chi connectivity index (χ2v) is 6.91. The van der Waals surface area contributed by atoms with Crippen LogP contribution in [0, 0.1) is 0 Å². The molecule has 23 heavy (non-hydrogen) atoms. The molecule has 0 amide bonds. The Morgan fingerprint density at radius 1 is 0.913 bits per heavy atom. The lowest BCUT2D eigenvalue weighted by Crippen LogP contribution is -2.11. The van der Waals surface area contributed by atoms with Gasteiger partial charge in [0.15, 0.2) is 0 Å². The molecule has 1 aromatic rings. The maximum absolute atomic E-state index is 12.0. The second-order valence-electron chi connectivity index (χ2n) is 4.21. The largest absolute Gasteiger partial charge is 0.465 e. The Morgan fingerprint density at radius 2 is 1.52 bits per heavy atom. The maximum Gasteiger partial charge on any atom is 0.341 e. The Hall–Kier alpha value is -1.67. The normalized spacial score (nSPS) is 10.0. The number of ether oxygens (including phenoxy) is 3. The van der Waals surface area contributed by atoms with Crippen LogP contribution in [0.4, 0.5) is 0 Å². The van der Waals surface area contributed by atoms with Gasteiger partial charge < -0.3 is 14.2 Å². The summed E-state index contributed by atoms with van der Waals surface area (Å²) in [7, 11) is 3.05. The average molecular weight is 358 g/mol. The van der Waals surface area contributed by atoms with Crippen LogP contribution in [0.25, 0.3) is 0 Å². The van der Waals surface area contributed by atoms with Crippen LogP contribution in [0.3, 0.4) is 0 Å². The van der Waals surface area contributed by atoms with Crippen molar-refractivity contribution in [2.45, 2.75) is 13.8 Å². The van der Waals surface area contributed by atoms with Gasteiger partial charge in [0.2, 0.25) is 0 Å². The van der Waals surface area contributed by atoms with Crippen LogP contribution in [0.5, 0.6) is 5.75 Å². The van der Waals surface area contributed by atoms with E-state index in [4.69, 9.17) is 14.2 Å². The number of hydrogen-bond donors (Lipinski definition) is 0. The number of esters is 3. The van der Waals surface area contributed by atoms with E-state index in [0.29, 0.717) is 18.1 Å². The molecule has 0 fully saturated rings. The van der Waals surface area contributed by atoms with E-state index in [2.05, 4.69) is 0 Å². The zero-order valence-electron chi connectivity index (χ0n) is 12.9. The highest BCUT2D eigenvalue weighted by atomic mass is 33.1. The molecule has 0 saturated heterocycles. The van der Waals surface area contributed by atoms with Gasteiger partial charge in [0, 0.05) is 25.4 Å². The van der Waals surface area contributed by atoms with Gasteiger partial charge in [-0.1, -0.05) is 33.7 Å². The van der Waals surface area contributed by atoms with Crippen molar-refractivity contribution in [2.75, 3.05) is 24.7 Å². The topological polar surface area (TPSA) is 78.9 Å². The zero-order valence-corrected chi connectivity index (χ0v) is 14.5. The third-order valence-corrected chi connectivity index (χ3v) is 4.65. The summed E-state index contributed by atoms with van der Waals surface area (Å²) in [5.41, 5.74) is 0.218. The summed E-state index contributed by atoms with van der Waals surface area (Å²) in [6.07, 6.45) is 0. The molecule has 0 heterocycles. The molecule has 0 aliphatic carbocycles. The van der Waals surface area contributed by atoms with Crippen molar-refractivity contribution < 1.29 is 28.6 Å². The Balaban J connectivity index is 2.27. The molecule has 0 N–H and O–H groups in total. The van der Waals surface area contributed by atoms with Gasteiger partial charge in [-0.15, -0.1) is 0 Å². The molecule has 8 heteroatoms. The summed E-state index contributed by atoms with van der Waals surface area (Å²) in [5, 5.41) is 0. The van der Waals surface area contributed by atoms with Crippen LogP contribution in [-0.4, -0.2) is 42.6 Å². The Bertz CT molecular complexity index is 547. The molecule has 1 aromatic carbocycles. The summed E-state index contributed by atoms with van der Waals surface area (Å²) in [6, 6.07) is 6.42. The molecule has 0 bridgehead atoms. The first-order chi connectivity index (χ1) is 11.0. The van der Waals surface area contributed by atoms with Gasteiger partial charge in [0.05, 0.1) is 0 Å². The summed E-state index contributed by atoms with van der Waals surface area (Å²) >= 11 is 0. The molecule has 1 rings (SSSR count). The average Bonchev–Trinajstić information content (AvgIpc) is 2.49. The van der Waals surface area contributed by atoms with Crippen molar-refractivity contribution in [3.8, 4) is 5.75 Å². The van der Waals surface area contributed by atoms with Crippen molar-refractivity contribution in [1.82, 2.24) is 0 Å². The smallest absolute Gasteiger partial charge is 0.341 e. The van der Waals surface area contributed by atoms with E-state index in [1.54, 1.807) is 18.2 Å². The lowest BCUT2D eigenvalue weighted by Gasteiger charge is -2.08. The monoisotopic (exact) mass is 358 g/mol. The molecule has 126 valence electrons. The number of hydrogen-bond acceptors (Lipinski definition) is 8. The molecular formula is C15H18O6S2. The van der Waals surface area contributed by atoms with Crippen molar-refractivity contribution in [3.05, 3.63) is 29.8 Å². The highest BCUT2D eigenvalue weighted by molar-refractivity contribution is 8.76. The summed E-state index contributed by atoms with van der Waals surface area (Å²) in [5.74, 6) is 0.140. The standard InChI is InChI=1S/C15H18O6S2/c1-11(16)19-7-9-22-23-10-8-20-15(18)13-5-3-4-6-14(13)21-12(2)17/h3-6H,7-10H2,1-2H3. The quantitative estimate of drug-likeness (QED) is 0.289. The predicted molar refractivity (Wildman–Crippen MR) is 89.6 cm³/mol. The Labute approximate surface area is 142 Å². The van der Waals surface area contributed by atoms with Crippen LogP contribution in [0.2, 0.25) is 0 Å². The van der Waals surface area contributed by atoms with E-state index in [1.165, 1.54) is 41.5 Å². The lowest BCUT2D eigenvalue weighted by molar-refractivity contribution is -0.140. The lowest BCUT2D eigenvalue weighted by atomic mass is 10.2. The molecule has 0 spiro atoms. The van der Waals surface area contributed by atoms with Crippen molar-refractivity contribution in [1.29, 1.82) is 0 Å². The molecule has 0 saturated carbocycles. The first-order valence-corrected chi connectivity index (χ1v) is 9.32. The fraction of sp³-hybridized carbons (Fsp3) is 0.400. The fourth-order valence-corrected chi connectivity index (χ4v) is 3.12. The van der Waals surface area contributed by atoms with Crippen LogP contribution < -0.4 is 4.74 Å². The van der Waals surface area contributed by atoms with Gasteiger partial charge in [0.25, 0.3) is 0 Å². The van der Waals surface area contributed by atoms with Crippen LogP contribution in [0.15, 0.2) is 24.3 Å². The molecule has 0 aliphatic rings. The van der Waals surface area contributed by atoms with Crippen molar-refractivity contribution in [3.63, 3.8) is 0 Å². The first-order valence-electron chi connectivity index (χ1n) is 6.83. The third-order valence-electron chi connectivity index (χ3n) is 2.32. The van der Waals surface area contributed by atoms with E-state index in [1.807, 2.05) is 0 Å². The molecule has 0 radical (unpaired) electrons. The highest BCUT2D eigenvalue weighted by Crippen LogP contribution is 2.22. The summed E-state index contributed by atoms with van der Waals surface area (Å²) in [4.78, 5) is 33.5. The SMILES string of the molecule is CC(=O)OCCSSCCOC(=O)c1ccccc1OC(C)=O. The van der Waals surface area contributed by atoms with Gasteiger partial charge in [-0.3, -0.25) is 9.59 Å². The molecule has 6 nitrogen and oxygen atoms in total. The van der Waals surface area contributed by atoms with Crippen LogP contribution in [-0.2, 0) is 19.1 Å². The predicted octanol–water partition coefficient (Wildman–Crippen LogP) is 2.71. The number of carbonyl (C=O) groups is 3.